The molecule has 0 unspecified atom stereocenters. The average Bonchev–Trinajstić information content (AvgIpc) is 2.65. The van der Waals surface area contributed by atoms with Crippen LogP contribution in [0.15, 0.2) is 46.4 Å². The molecule has 6 nitrogen and oxygen atoms in total. The van der Waals surface area contributed by atoms with E-state index in [1.165, 1.54) is 24.7 Å². The number of hydrogen-bond acceptors (Lipinski definition) is 6. The third-order valence-corrected chi connectivity index (χ3v) is 5.10. The average molecular weight is 439 g/mol. The first-order valence-electron chi connectivity index (χ1n) is 8.64. The van der Waals surface area contributed by atoms with Crippen molar-refractivity contribution in [3.63, 3.8) is 0 Å². The van der Waals surface area contributed by atoms with Crippen LogP contribution < -0.4 is 11.2 Å². The van der Waals surface area contributed by atoms with E-state index in [1.54, 1.807) is 18.3 Å². The van der Waals surface area contributed by atoms with Crippen molar-refractivity contribution in [2.75, 3.05) is 25.0 Å². The number of benzene rings is 1. The van der Waals surface area contributed by atoms with Crippen LogP contribution in [0.3, 0.4) is 0 Å². The Morgan fingerprint density at radius 1 is 1.30 bits per heavy atom. The molecular weight excluding hydrogens is 418 g/mol. The Hall–Kier alpha value is -2.13. The highest BCUT2D eigenvalue weighted by molar-refractivity contribution is 9.10. The van der Waals surface area contributed by atoms with Gasteiger partial charge in [-0.1, -0.05) is 28.1 Å². The van der Waals surface area contributed by atoms with Crippen LogP contribution in [0.5, 0.6) is 0 Å². The third kappa shape index (κ3) is 5.20. The molecule has 0 saturated carbocycles. The van der Waals surface area contributed by atoms with Crippen LogP contribution in [0.4, 0.5) is 14.6 Å². The minimum atomic E-state index is -2.88. The molecule has 27 heavy (non-hydrogen) atoms. The summed E-state index contributed by atoms with van der Waals surface area (Å²) in [6.45, 7) is 0.907. The van der Waals surface area contributed by atoms with Gasteiger partial charge in [-0.3, -0.25) is 4.90 Å². The lowest BCUT2D eigenvalue weighted by Gasteiger charge is -2.34. The molecule has 3 N–H and O–H groups in total. The second kappa shape index (κ2) is 8.71. The summed E-state index contributed by atoms with van der Waals surface area (Å²) >= 11 is 3.27. The first-order chi connectivity index (χ1) is 13.0. The van der Waals surface area contributed by atoms with Gasteiger partial charge in [0.05, 0.1) is 18.3 Å². The van der Waals surface area contributed by atoms with Crippen molar-refractivity contribution in [1.29, 1.82) is 0 Å². The van der Waals surface area contributed by atoms with Crippen molar-refractivity contribution in [2.45, 2.75) is 24.8 Å². The molecule has 0 atom stereocenters. The summed E-state index contributed by atoms with van der Waals surface area (Å²) in [5, 5.41) is 6.84. The SMILES string of the molecule is N/N=C\c1cncnc1NC1CCN(CC(F)(F)c2ccc(Br)cc2)CC1. The highest BCUT2D eigenvalue weighted by Gasteiger charge is 2.35. The minimum absolute atomic E-state index is 0.0395. The number of likely N-dealkylation sites (tertiary alicyclic amines) is 1. The minimum Gasteiger partial charge on any atom is -0.367 e. The molecule has 1 aliphatic rings. The predicted octanol–water partition coefficient (Wildman–Crippen LogP) is 3.20. The lowest BCUT2D eigenvalue weighted by Crippen LogP contribution is -2.43. The van der Waals surface area contributed by atoms with E-state index >= 15 is 0 Å². The number of alkyl halides is 2. The fourth-order valence-electron chi connectivity index (χ4n) is 3.13. The van der Waals surface area contributed by atoms with E-state index in [2.05, 4.69) is 36.3 Å². The van der Waals surface area contributed by atoms with E-state index < -0.39 is 5.92 Å². The zero-order chi connectivity index (χ0) is 19.3. The lowest BCUT2D eigenvalue weighted by atomic mass is 10.0. The van der Waals surface area contributed by atoms with Gasteiger partial charge >= 0.3 is 0 Å². The van der Waals surface area contributed by atoms with Gasteiger partial charge in [0.25, 0.3) is 5.92 Å². The van der Waals surface area contributed by atoms with E-state index in [0.717, 1.165) is 17.3 Å². The van der Waals surface area contributed by atoms with Gasteiger partial charge in [-0.2, -0.15) is 13.9 Å². The number of hydrogen-bond donors (Lipinski definition) is 2. The van der Waals surface area contributed by atoms with E-state index in [1.807, 2.05) is 4.90 Å². The van der Waals surface area contributed by atoms with Crippen LogP contribution >= 0.6 is 15.9 Å². The Labute approximate surface area is 165 Å². The lowest BCUT2D eigenvalue weighted by molar-refractivity contribution is -0.0421. The molecule has 9 heteroatoms. The molecule has 1 aliphatic heterocycles. The highest BCUT2D eigenvalue weighted by Crippen LogP contribution is 2.31. The highest BCUT2D eigenvalue weighted by atomic mass is 79.9. The summed E-state index contributed by atoms with van der Waals surface area (Å²) in [5.74, 6) is 2.98. The largest absolute Gasteiger partial charge is 0.367 e. The number of nitrogens with one attached hydrogen (secondary N) is 1. The van der Waals surface area contributed by atoms with Crippen molar-refractivity contribution in [3.05, 3.63) is 52.4 Å². The Kier molecular flexibility index (Phi) is 6.33. The molecule has 144 valence electrons. The maximum atomic E-state index is 14.5. The van der Waals surface area contributed by atoms with Gasteiger partial charge in [0.1, 0.15) is 12.1 Å². The van der Waals surface area contributed by atoms with E-state index in [9.17, 15) is 8.78 Å². The number of rotatable bonds is 6. The summed E-state index contributed by atoms with van der Waals surface area (Å²) in [7, 11) is 0. The van der Waals surface area contributed by atoms with E-state index in [-0.39, 0.29) is 18.2 Å². The van der Waals surface area contributed by atoms with Crippen LogP contribution in [0, 0.1) is 0 Å². The summed E-state index contributed by atoms with van der Waals surface area (Å²) in [5.41, 5.74) is 0.738. The van der Waals surface area contributed by atoms with Crippen LogP contribution in [-0.4, -0.2) is 46.8 Å². The fourth-order valence-corrected chi connectivity index (χ4v) is 3.39. The number of halogens is 3. The first kappa shape index (κ1) is 19.6. The summed E-state index contributed by atoms with van der Waals surface area (Å²) in [6, 6.07) is 6.37. The summed E-state index contributed by atoms with van der Waals surface area (Å²) in [6.07, 6.45) is 6.05. The molecule has 0 radical (unpaired) electrons. The molecule has 2 aromatic rings. The molecule has 0 amide bonds. The Morgan fingerprint density at radius 3 is 2.67 bits per heavy atom. The maximum absolute atomic E-state index is 14.5. The summed E-state index contributed by atoms with van der Waals surface area (Å²) in [4.78, 5) is 9.97. The first-order valence-corrected chi connectivity index (χ1v) is 9.43. The van der Waals surface area contributed by atoms with Gasteiger partial charge in [0.2, 0.25) is 0 Å². The number of nitrogens with two attached hydrogens (primary N) is 1. The van der Waals surface area contributed by atoms with Crippen molar-refractivity contribution in [3.8, 4) is 0 Å². The molecule has 2 heterocycles. The molecule has 0 spiro atoms. The summed E-state index contributed by atoms with van der Waals surface area (Å²) < 4.78 is 29.9. The Morgan fingerprint density at radius 2 is 2.00 bits per heavy atom. The van der Waals surface area contributed by atoms with Gasteiger partial charge in [-0.15, -0.1) is 0 Å². The van der Waals surface area contributed by atoms with Gasteiger partial charge in [-0.05, 0) is 25.0 Å². The number of anilines is 1. The van der Waals surface area contributed by atoms with Crippen molar-refractivity contribution in [2.24, 2.45) is 10.9 Å². The Bertz CT molecular complexity index is 776. The van der Waals surface area contributed by atoms with Crippen molar-refractivity contribution < 1.29 is 8.78 Å². The van der Waals surface area contributed by atoms with Crippen LogP contribution in [0.25, 0.3) is 0 Å². The monoisotopic (exact) mass is 438 g/mol. The molecule has 0 aliphatic carbocycles. The molecule has 0 bridgehead atoms. The quantitative estimate of drug-likeness (QED) is 0.411. The van der Waals surface area contributed by atoms with Crippen LogP contribution in [0.1, 0.15) is 24.0 Å². The van der Waals surface area contributed by atoms with Gasteiger partial charge < -0.3 is 11.2 Å². The maximum Gasteiger partial charge on any atom is 0.285 e. The number of hydrazone groups is 1. The van der Waals surface area contributed by atoms with Gasteiger partial charge in [0, 0.05) is 35.4 Å². The molecule has 1 fully saturated rings. The second-order valence-electron chi connectivity index (χ2n) is 6.51. The number of aromatic nitrogens is 2. The third-order valence-electron chi connectivity index (χ3n) is 4.57. The smallest absolute Gasteiger partial charge is 0.285 e. The molecular formula is C18H21BrF2N6. The van der Waals surface area contributed by atoms with Crippen LogP contribution in [0.2, 0.25) is 0 Å². The molecule has 1 aromatic carbocycles. The standard InChI is InChI=1S/C18H21BrF2N6/c19-15-3-1-14(2-4-15)18(20,21)11-27-7-5-16(6-8-27)26-17-13(10-25-22)9-23-12-24-17/h1-4,9-10,12,16H,5-8,11,22H2,(H,23,24,26)/b25-10-. The van der Waals surface area contributed by atoms with Crippen LogP contribution in [-0.2, 0) is 5.92 Å². The number of nitrogens with zero attached hydrogens (tertiary/aromatic N) is 4. The predicted molar refractivity (Wildman–Crippen MR) is 105 cm³/mol. The molecule has 3 rings (SSSR count). The van der Waals surface area contributed by atoms with Crippen molar-refractivity contribution >= 4 is 28.0 Å². The zero-order valence-electron chi connectivity index (χ0n) is 14.7. The molecule has 1 saturated heterocycles. The normalized spacial score (nSPS) is 16.7. The van der Waals surface area contributed by atoms with Gasteiger partial charge in [0.15, 0.2) is 0 Å². The molecule has 1 aromatic heterocycles. The van der Waals surface area contributed by atoms with Gasteiger partial charge in [-0.25, -0.2) is 9.97 Å². The second-order valence-corrected chi connectivity index (χ2v) is 7.43. The van der Waals surface area contributed by atoms with Crippen molar-refractivity contribution in [1.82, 2.24) is 14.9 Å². The zero-order valence-corrected chi connectivity index (χ0v) is 16.2. The van der Waals surface area contributed by atoms with E-state index in [0.29, 0.717) is 24.5 Å². The fraction of sp³-hybridized carbons (Fsp3) is 0.389. The number of piperidine rings is 1. The topological polar surface area (TPSA) is 79.4 Å². The Balaban J connectivity index is 1.55. The van der Waals surface area contributed by atoms with E-state index in [4.69, 9.17) is 5.84 Å².